The second kappa shape index (κ2) is 6.27. The standard InChI is InChI=1S/C26H32N2O2/c1-25-11-9-17(29)13-16(25)7-8-18-19(25)10-12-26(2)20(18)14-23(24(26)30)28-15-27-21-5-3-4-6-22(21)28/h3-6,15-16,18-20,23H,7-14H2,1-2H3/t16-,18+,19-,20-,23-,25-,26-/m0/s1. The number of nitrogens with zero attached hydrogens (tertiary/aromatic N) is 2. The Morgan fingerprint density at radius 1 is 1.03 bits per heavy atom. The van der Waals surface area contributed by atoms with Gasteiger partial charge in [-0.2, -0.15) is 0 Å². The minimum Gasteiger partial charge on any atom is -0.320 e. The van der Waals surface area contributed by atoms with Crippen LogP contribution in [0.4, 0.5) is 0 Å². The van der Waals surface area contributed by atoms with Crippen molar-refractivity contribution in [3.63, 3.8) is 0 Å². The number of Topliss-reactive ketones (excluding diaryl/α,β-unsaturated/α-hetero) is 2. The summed E-state index contributed by atoms with van der Waals surface area (Å²) in [6.07, 6.45) is 9.99. The van der Waals surface area contributed by atoms with E-state index in [-0.39, 0.29) is 11.5 Å². The Kier molecular flexibility index (Phi) is 3.93. The molecule has 4 nitrogen and oxygen atoms in total. The van der Waals surface area contributed by atoms with E-state index < -0.39 is 0 Å². The van der Waals surface area contributed by atoms with Crippen molar-refractivity contribution in [2.45, 2.75) is 71.3 Å². The van der Waals surface area contributed by atoms with Gasteiger partial charge in [0.1, 0.15) is 5.78 Å². The minimum atomic E-state index is -0.203. The fourth-order valence-electron chi connectivity index (χ4n) is 8.30. The van der Waals surface area contributed by atoms with Gasteiger partial charge in [-0.1, -0.05) is 26.0 Å². The third kappa shape index (κ3) is 2.37. The first-order valence-electron chi connectivity index (χ1n) is 11.9. The van der Waals surface area contributed by atoms with Crippen LogP contribution in [0.3, 0.4) is 0 Å². The lowest BCUT2D eigenvalue weighted by atomic mass is 9.45. The van der Waals surface area contributed by atoms with Gasteiger partial charge in [0.2, 0.25) is 0 Å². The van der Waals surface area contributed by atoms with Crippen LogP contribution in [-0.4, -0.2) is 21.1 Å². The zero-order valence-electron chi connectivity index (χ0n) is 18.1. The van der Waals surface area contributed by atoms with Crippen LogP contribution < -0.4 is 0 Å². The number of para-hydroxylation sites is 2. The summed E-state index contributed by atoms with van der Waals surface area (Å²) in [7, 11) is 0. The van der Waals surface area contributed by atoms with E-state index in [1.165, 1.54) is 12.8 Å². The molecule has 0 aliphatic heterocycles. The molecule has 0 saturated heterocycles. The maximum Gasteiger partial charge on any atom is 0.161 e. The molecule has 7 atom stereocenters. The first-order valence-corrected chi connectivity index (χ1v) is 11.9. The van der Waals surface area contributed by atoms with E-state index in [1.807, 2.05) is 24.5 Å². The van der Waals surface area contributed by atoms with Crippen molar-refractivity contribution >= 4 is 22.6 Å². The molecule has 0 bridgehead atoms. The summed E-state index contributed by atoms with van der Waals surface area (Å²) in [5.41, 5.74) is 2.14. The fourth-order valence-corrected chi connectivity index (χ4v) is 8.30. The molecule has 4 aliphatic carbocycles. The van der Waals surface area contributed by atoms with E-state index in [9.17, 15) is 9.59 Å². The smallest absolute Gasteiger partial charge is 0.161 e. The van der Waals surface area contributed by atoms with E-state index >= 15 is 0 Å². The highest BCUT2D eigenvalue weighted by Gasteiger charge is 2.62. The normalized spacial score (nSPS) is 43.3. The van der Waals surface area contributed by atoms with Crippen molar-refractivity contribution in [2.24, 2.45) is 34.5 Å². The average Bonchev–Trinajstić information content (AvgIpc) is 3.27. The van der Waals surface area contributed by atoms with Crippen LogP contribution >= 0.6 is 0 Å². The maximum absolute atomic E-state index is 13.8. The topological polar surface area (TPSA) is 52.0 Å². The van der Waals surface area contributed by atoms with Crippen LogP contribution in [0, 0.1) is 34.5 Å². The summed E-state index contributed by atoms with van der Waals surface area (Å²) < 4.78 is 2.16. The molecule has 4 heteroatoms. The van der Waals surface area contributed by atoms with Gasteiger partial charge in [-0.3, -0.25) is 9.59 Å². The second-order valence-corrected chi connectivity index (χ2v) is 11.1. The summed E-state index contributed by atoms with van der Waals surface area (Å²) >= 11 is 0. The molecule has 1 aromatic heterocycles. The predicted octanol–water partition coefficient (Wildman–Crippen LogP) is 5.37. The lowest BCUT2D eigenvalue weighted by Gasteiger charge is -2.59. The molecule has 0 N–H and O–H groups in total. The molecular weight excluding hydrogens is 372 g/mol. The molecule has 4 fully saturated rings. The van der Waals surface area contributed by atoms with Crippen LogP contribution in [0.5, 0.6) is 0 Å². The van der Waals surface area contributed by atoms with Gasteiger partial charge in [0.05, 0.1) is 23.4 Å². The number of benzene rings is 1. The SMILES string of the molecule is C[C@]12CCC(=O)C[C@@H]1CC[C@@H]1[C@@H]2CC[C@]2(C)C(=O)[C@@H](n3cnc4ccccc43)C[C@@H]12. The highest BCUT2D eigenvalue weighted by Crippen LogP contribution is 2.66. The van der Waals surface area contributed by atoms with Crippen LogP contribution in [0.15, 0.2) is 30.6 Å². The second-order valence-electron chi connectivity index (χ2n) is 11.1. The van der Waals surface area contributed by atoms with Gasteiger partial charge in [0.25, 0.3) is 0 Å². The number of aromatic nitrogens is 2. The highest BCUT2D eigenvalue weighted by molar-refractivity contribution is 5.92. The van der Waals surface area contributed by atoms with Crippen LogP contribution in [-0.2, 0) is 9.59 Å². The molecule has 1 heterocycles. The van der Waals surface area contributed by atoms with Gasteiger partial charge >= 0.3 is 0 Å². The van der Waals surface area contributed by atoms with Crippen molar-refractivity contribution in [2.75, 3.05) is 0 Å². The average molecular weight is 405 g/mol. The van der Waals surface area contributed by atoms with E-state index in [0.29, 0.717) is 40.7 Å². The third-order valence-corrected chi connectivity index (χ3v) is 10.0. The molecule has 6 rings (SSSR count). The minimum absolute atomic E-state index is 0.0791. The lowest BCUT2D eigenvalue weighted by molar-refractivity contribution is -0.144. The van der Waals surface area contributed by atoms with Gasteiger partial charge in [-0.05, 0) is 79.7 Å². The molecule has 30 heavy (non-hydrogen) atoms. The number of hydrogen-bond donors (Lipinski definition) is 0. The first kappa shape index (κ1) is 18.8. The van der Waals surface area contributed by atoms with Crippen molar-refractivity contribution in [3.05, 3.63) is 30.6 Å². The van der Waals surface area contributed by atoms with Crippen LogP contribution in [0.25, 0.3) is 11.0 Å². The predicted molar refractivity (Wildman–Crippen MR) is 116 cm³/mol. The van der Waals surface area contributed by atoms with Gasteiger partial charge in [-0.25, -0.2) is 4.98 Å². The summed E-state index contributed by atoms with van der Waals surface area (Å²) in [4.78, 5) is 30.5. The number of carbonyl (C=O) groups excluding carboxylic acids is 2. The van der Waals surface area contributed by atoms with Gasteiger partial charge in [-0.15, -0.1) is 0 Å². The molecule has 1 aromatic carbocycles. The molecule has 158 valence electrons. The molecule has 4 aliphatic rings. The van der Waals surface area contributed by atoms with Crippen molar-refractivity contribution in [3.8, 4) is 0 Å². The van der Waals surface area contributed by atoms with E-state index in [4.69, 9.17) is 0 Å². The van der Waals surface area contributed by atoms with Gasteiger partial charge in [0, 0.05) is 18.3 Å². The molecule has 0 amide bonds. The molecule has 0 spiro atoms. The number of fused-ring (bicyclic) bond motifs is 6. The molecule has 4 saturated carbocycles. The Morgan fingerprint density at radius 3 is 2.73 bits per heavy atom. The van der Waals surface area contributed by atoms with Crippen molar-refractivity contribution in [1.82, 2.24) is 9.55 Å². The zero-order valence-corrected chi connectivity index (χ0v) is 18.1. The number of rotatable bonds is 1. The molecule has 0 unspecified atom stereocenters. The van der Waals surface area contributed by atoms with Crippen molar-refractivity contribution < 1.29 is 9.59 Å². The Morgan fingerprint density at radius 2 is 1.87 bits per heavy atom. The Labute approximate surface area is 178 Å². The summed E-state index contributed by atoms with van der Waals surface area (Å²) in [5.74, 6) is 3.23. The number of ketones is 2. The Balaban J connectivity index is 1.35. The van der Waals surface area contributed by atoms with Gasteiger partial charge in [0.15, 0.2) is 5.78 Å². The number of imidazole rings is 1. The third-order valence-electron chi connectivity index (χ3n) is 10.0. The van der Waals surface area contributed by atoms with Crippen LogP contribution in [0.2, 0.25) is 0 Å². The van der Waals surface area contributed by atoms with E-state index in [2.05, 4.69) is 29.5 Å². The largest absolute Gasteiger partial charge is 0.320 e. The zero-order chi connectivity index (χ0) is 20.7. The van der Waals surface area contributed by atoms with Crippen molar-refractivity contribution in [1.29, 1.82) is 0 Å². The molecule has 0 radical (unpaired) electrons. The Bertz CT molecular complexity index is 1040. The first-order chi connectivity index (χ1) is 14.4. The molecule has 2 aromatic rings. The van der Waals surface area contributed by atoms with Gasteiger partial charge < -0.3 is 4.57 Å². The fraction of sp³-hybridized carbons (Fsp3) is 0.654. The van der Waals surface area contributed by atoms with Crippen LogP contribution in [0.1, 0.15) is 71.3 Å². The van der Waals surface area contributed by atoms with E-state index in [1.54, 1.807) is 0 Å². The Hall–Kier alpha value is -1.97. The number of hydrogen-bond acceptors (Lipinski definition) is 3. The maximum atomic E-state index is 13.8. The summed E-state index contributed by atoms with van der Waals surface area (Å²) in [6.45, 7) is 4.73. The lowest BCUT2D eigenvalue weighted by Crippen LogP contribution is -2.53. The summed E-state index contributed by atoms with van der Waals surface area (Å²) in [6, 6.07) is 8.09. The quantitative estimate of drug-likeness (QED) is 0.642. The summed E-state index contributed by atoms with van der Waals surface area (Å²) in [5, 5.41) is 0. The number of carbonyl (C=O) groups is 2. The highest BCUT2D eigenvalue weighted by atomic mass is 16.1. The molecular formula is C26H32N2O2. The monoisotopic (exact) mass is 404 g/mol. The van der Waals surface area contributed by atoms with E-state index in [0.717, 1.165) is 49.6 Å².